The molecule has 1 saturated heterocycles. The number of aryl methyl sites for hydroxylation is 1. The largest absolute Gasteiger partial charge is 0.487 e. The number of hydrogen-bond donors (Lipinski definition) is 0. The van der Waals surface area contributed by atoms with Gasteiger partial charge in [0.15, 0.2) is 11.5 Å². The van der Waals surface area contributed by atoms with Gasteiger partial charge in [-0.2, -0.15) is 0 Å². The van der Waals surface area contributed by atoms with Gasteiger partial charge in [0, 0.05) is 24.2 Å². The fraction of sp³-hybridized carbons (Fsp3) is 0.333. The molecule has 6 nitrogen and oxygen atoms in total. The first-order chi connectivity index (χ1) is 11.7. The third-order valence-electron chi connectivity index (χ3n) is 4.24. The van der Waals surface area contributed by atoms with Crippen molar-refractivity contribution in [1.82, 2.24) is 9.88 Å². The molecule has 0 radical (unpaired) electrons. The van der Waals surface area contributed by atoms with Crippen molar-refractivity contribution in [3.63, 3.8) is 0 Å². The second kappa shape index (κ2) is 6.03. The molecule has 124 valence electrons. The van der Waals surface area contributed by atoms with Crippen LogP contribution in [0.3, 0.4) is 0 Å². The lowest BCUT2D eigenvalue weighted by Crippen LogP contribution is -2.30. The number of carbonyl (C=O) groups excluding carboxylic acids is 1. The molecule has 2 aliphatic rings. The zero-order valence-corrected chi connectivity index (χ0v) is 13.4. The van der Waals surface area contributed by atoms with Gasteiger partial charge in [0.05, 0.1) is 12.7 Å². The van der Waals surface area contributed by atoms with Crippen LogP contribution in [0.4, 0.5) is 0 Å². The summed E-state index contributed by atoms with van der Waals surface area (Å²) in [7, 11) is 0. The molecule has 2 aromatic rings. The number of aromatic nitrogens is 1. The van der Waals surface area contributed by atoms with E-state index in [9.17, 15) is 4.79 Å². The van der Waals surface area contributed by atoms with E-state index in [-0.39, 0.29) is 18.8 Å². The zero-order chi connectivity index (χ0) is 16.5. The Hall–Kier alpha value is -2.76. The summed E-state index contributed by atoms with van der Waals surface area (Å²) in [5.74, 6) is 2.03. The van der Waals surface area contributed by atoms with Crippen molar-refractivity contribution in [2.75, 3.05) is 19.9 Å². The van der Waals surface area contributed by atoms with E-state index in [0.717, 1.165) is 17.9 Å². The van der Waals surface area contributed by atoms with Gasteiger partial charge in [-0.1, -0.05) is 0 Å². The van der Waals surface area contributed by atoms with Crippen molar-refractivity contribution in [3.05, 3.63) is 47.8 Å². The van der Waals surface area contributed by atoms with E-state index in [0.29, 0.717) is 30.2 Å². The smallest absolute Gasteiger partial charge is 0.254 e. The second-order valence-corrected chi connectivity index (χ2v) is 5.98. The fourth-order valence-corrected chi connectivity index (χ4v) is 2.94. The molecule has 0 aliphatic carbocycles. The number of amides is 1. The maximum absolute atomic E-state index is 12.7. The number of hydrogen-bond acceptors (Lipinski definition) is 5. The van der Waals surface area contributed by atoms with Crippen LogP contribution in [0.5, 0.6) is 17.2 Å². The normalized spacial score (nSPS) is 18.7. The number of benzene rings is 1. The van der Waals surface area contributed by atoms with Crippen LogP contribution in [-0.2, 0) is 0 Å². The van der Waals surface area contributed by atoms with E-state index < -0.39 is 0 Å². The number of carbonyl (C=O) groups is 1. The van der Waals surface area contributed by atoms with Crippen molar-refractivity contribution in [2.24, 2.45) is 0 Å². The van der Waals surface area contributed by atoms with Gasteiger partial charge < -0.3 is 19.1 Å². The third-order valence-corrected chi connectivity index (χ3v) is 4.24. The zero-order valence-electron chi connectivity index (χ0n) is 13.4. The van der Waals surface area contributed by atoms with Crippen LogP contribution < -0.4 is 14.2 Å². The van der Waals surface area contributed by atoms with Crippen molar-refractivity contribution in [2.45, 2.75) is 19.4 Å². The van der Waals surface area contributed by atoms with Crippen molar-refractivity contribution >= 4 is 5.91 Å². The van der Waals surface area contributed by atoms with Crippen molar-refractivity contribution < 1.29 is 19.0 Å². The molecule has 3 heterocycles. The van der Waals surface area contributed by atoms with Gasteiger partial charge in [0.25, 0.3) is 5.91 Å². The molecular weight excluding hydrogens is 308 g/mol. The number of fused-ring (bicyclic) bond motifs is 1. The Kier molecular flexibility index (Phi) is 3.72. The van der Waals surface area contributed by atoms with E-state index in [1.165, 1.54) is 0 Å². The van der Waals surface area contributed by atoms with Gasteiger partial charge in [0.2, 0.25) is 6.79 Å². The minimum absolute atomic E-state index is 0.00698. The first kappa shape index (κ1) is 14.8. The molecule has 2 aliphatic heterocycles. The summed E-state index contributed by atoms with van der Waals surface area (Å²) in [6, 6.07) is 9.11. The highest BCUT2D eigenvalue weighted by atomic mass is 16.7. The quantitative estimate of drug-likeness (QED) is 0.867. The molecular formula is C18H18N2O4. The minimum atomic E-state index is -0.0126. The first-order valence-electron chi connectivity index (χ1n) is 7.97. The third kappa shape index (κ3) is 2.87. The number of ether oxygens (including phenoxy) is 3. The van der Waals surface area contributed by atoms with Crippen LogP contribution in [0.15, 0.2) is 36.5 Å². The molecule has 1 amide bonds. The summed E-state index contributed by atoms with van der Waals surface area (Å²) in [6.07, 6.45) is 2.52. The van der Waals surface area contributed by atoms with Crippen molar-refractivity contribution in [3.8, 4) is 17.2 Å². The topological polar surface area (TPSA) is 60.9 Å². The van der Waals surface area contributed by atoms with Crippen molar-refractivity contribution in [1.29, 1.82) is 0 Å². The Bertz CT molecular complexity index is 760. The van der Waals surface area contributed by atoms with Gasteiger partial charge in [-0.15, -0.1) is 0 Å². The van der Waals surface area contributed by atoms with Crippen LogP contribution in [0.2, 0.25) is 0 Å². The molecule has 0 saturated carbocycles. The minimum Gasteiger partial charge on any atom is -0.487 e. The van der Waals surface area contributed by atoms with E-state index in [1.54, 1.807) is 24.4 Å². The van der Waals surface area contributed by atoms with Crippen LogP contribution in [0.25, 0.3) is 0 Å². The molecule has 1 unspecified atom stereocenters. The Labute approximate surface area is 140 Å². The van der Waals surface area contributed by atoms with E-state index >= 15 is 0 Å². The lowest BCUT2D eigenvalue weighted by molar-refractivity contribution is 0.0772. The predicted molar refractivity (Wildman–Crippen MR) is 86.5 cm³/mol. The molecule has 1 aromatic carbocycles. The molecule has 24 heavy (non-hydrogen) atoms. The molecule has 0 N–H and O–H groups in total. The van der Waals surface area contributed by atoms with Gasteiger partial charge >= 0.3 is 0 Å². The maximum Gasteiger partial charge on any atom is 0.254 e. The van der Waals surface area contributed by atoms with Gasteiger partial charge in [-0.25, -0.2) is 0 Å². The highest BCUT2D eigenvalue weighted by molar-refractivity contribution is 5.95. The molecule has 1 fully saturated rings. The molecule has 1 atom stereocenters. The van der Waals surface area contributed by atoms with E-state index in [2.05, 4.69) is 4.98 Å². The Morgan fingerprint density at radius 2 is 2.12 bits per heavy atom. The summed E-state index contributed by atoms with van der Waals surface area (Å²) in [5, 5.41) is 0. The fourth-order valence-electron chi connectivity index (χ4n) is 2.94. The number of likely N-dealkylation sites (tertiary alicyclic amines) is 1. The lowest BCUT2D eigenvalue weighted by Gasteiger charge is -2.17. The molecule has 0 spiro atoms. The average molecular weight is 326 g/mol. The van der Waals surface area contributed by atoms with Crippen LogP contribution >= 0.6 is 0 Å². The van der Waals surface area contributed by atoms with Crippen LogP contribution in [0, 0.1) is 6.92 Å². The van der Waals surface area contributed by atoms with Gasteiger partial charge in [0.1, 0.15) is 11.9 Å². The van der Waals surface area contributed by atoms with Gasteiger partial charge in [-0.3, -0.25) is 9.78 Å². The predicted octanol–water partition coefficient (Wildman–Crippen LogP) is 2.41. The summed E-state index contributed by atoms with van der Waals surface area (Å²) in [5.41, 5.74) is 1.56. The Morgan fingerprint density at radius 3 is 2.96 bits per heavy atom. The van der Waals surface area contributed by atoms with Crippen LogP contribution in [0.1, 0.15) is 22.5 Å². The number of rotatable bonds is 3. The molecule has 4 rings (SSSR count). The molecule has 6 heteroatoms. The highest BCUT2D eigenvalue weighted by Gasteiger charge is 2.29. The SMILES string of the molecule is Cc1ccc(OC2CCN(C(=O)c3ccc4c(c3)OCO4)C2)cn1. The monoisotopic (exact) mass is 326 g/mol. The standard InChI is InChI=1S/C18H18N2O4/c1-12-2-4-14(9-19-12)24-15-6-7-20(10-15)18(21)13-3-5-16-17(8-13)23-11-22-16/h2-5,8-9,15H,6-7,10-11H2,1H3. The summed E-state index contributed by atoms with van der Waals surface area (Å²) in [4.78, 5) is 18.7. The second-order valence-electron chi connectivity index (χ2n) is 5.98. The summed E-state index contributed by atoms with van der Waals surface area (Å²) < 4.78 is 16.5. The summed E-state index contributed by atoms with van der Waals surface area (Å²) >= 11 is 0. The molecule has 0 bridgehead atoms. The Balaban J connectivity index is 1.41. The lowest BCUT2D eigenvalue weighted by atomic mass is 10.2. The van der Waals surface area contributed by atoms with Gasteiger partial charge in [-0.05, 0) is 37.3 Å². The molecule has 1 aromatic heterocycles. The number of pyridine rings is 1. The average Bonchev–Trinajstić information content (AvgIpc) is 3.24. The van der Waals surface area contributed by atoms with E-state index in [1.807, 2.05) is 24.0 Å². The summed E-state index contributed by atoms with van der Waals surface area (Å²) in [6.45, 7) is 3.39. The van der Waals surface area contributed by atoms with E-state index in [4.69, 9.17) is 14.2 Å². The number of nitrogens with zero attached hydrogens (tertiary/aromatic N) is 2. The maximum atomic E-state index is 12.7. The van der Waals surface area contributed by atoms with Crippen LogP contribution in [-0.4, -0.2) is 41.8 Å². The first-order valence-corrected chi connectivity index (χ1v) is 7.97. The Morgan fingerprint density at radius 1 is 1.25 bits per heavy atom. The highest BCUT2D eigenvalue weighted by Crippen LogP contribution is 2.33.